The van der Waals surface area contributed by atoms with E-state index in [0.29, 0.717) is 11.5 Å². The second-order valence-electron chi connectivity index (χ2n) is 8.18. The summed E-state index contributed by atoms with van der Waals surface area (Å²) in [6.45, 7) is 6.46. The quantitative estimate of drug-likeness (QED) is 0.635. The molecule has 1 aromatic carbocycles. The van der Waals surface area contributed by atoms with Gasteiger partial charge in [0.2, 0.25) is 0 Å². The van der Waals surface area contributed by atoms with E-state index in [4.69, 9.17) is 4.74 Å². The van der Waals surface area contributed by atoms with Gasteiger partial charge >= 0.3 is 5.97 Å². The van der Waals surface area contributed by atoms with Gasteiger partial charge in [0.1, 0.15) is 18.5 Å². The summed E-state index contributed by atoms with van der Waals surface area (Å²) in [4.78, 5) is 16.8. The third-order valence-electron chi connectivity index (χ3n) is 6.29. The minimum atomic E-state index is -3.61. The minimum absolute atomic E-state index is 0.179. The molecule has 0 spiro atoms. The van der Waals surface area contributed by atoms with Crippen LogP contribution in [-0.4, -0.2) is 32.9 Å². The van der Waals surface area contributed by atoms with Crippen LogP contribution in [0.3, 0.4) is 0 Å². The Kier molecular flexibility index (Phi) is 4.18. The van der Waals surface area contributed by atoms with E-state index in [0.717, 1.165) is 12.3 Å². The number of hydrogen-bond donors (Lipinski definition) is 1. The molecule has 1 saturated carbocycles. The van der Waals surface area contributed by atoms with Crippen molar-refractivity contribution >= 4 is 21.8 Å². The van der Waals surface area contributed by atoms with E-state index in [2.05, 4.69) is 29.6 Å². The number of nitrogens with zero attached hydrogens (tertiary/aromatic N) is 1. The molecule has 7 heteroatoms. The largest absolute Gasteiger partial charge is 0.460 e. The average molecular weight is 388 g/mol. The summed E-state index contributed by atoms with van der Waals surface area (Å²) in [7, 11) is -3.61. The number of carbonyl (C=O) groups is 1. The number of ether oxygens (including phenoxy) is 1. The van der Waals surface area contributed by atoms with Crippen molar-refractivity contribution in [2.24, 2.45) is 22.2 Å². The molecule has 1 aliphatic heterocycles. The van der Waals surface area contributed by atoms with Crippen molar-refractivity contribution in [3.63, 3.8) is 0 Å². The summed E-state index contributed by atoms with van der Waals surface area (Å²) >= 11 is 0. The van der Waals surface area contributed by atoms with E-state index in [-0.39, 0.29) is 22.8 Å². The first kappa shape index (κ1) is 18.2. The first-order chi connectivity index (χ1) is 12.7. The van der Waals surface area contributed by atoms with Crippen LogP contribution in [0.4, 0.5) is 0 Å². The first-order valence-electron chi connectivity index (χ1n) is 9.25. The molecule has 0 amide bonds. The molecule has 144 valence electrons. The van der Waals surface area contributed by atoms with Crippen LogP contribution in [0.15, 0.2) is 45.8 Å². The maximum Gasteiger partial charge on any atom is 0.330 e. The van der Waals surface area contributed by atoms with Gasteiger partial charge in [-0.15, -0.1) is 0 Å². The van der Waals surface area contributed by atoms with Crippen molar-refractivity contribution in [3.05, 3.63) is 41.5 Å². The lowest BCUT2D eigenvalue weighted by atomic mass is 9.49. The highest BCUT2D eigenvalue weighted by Crippen LogP contribution is 2.59. The predicted octanol–water partition coefficient (Wildman–Crippen LogP) is 2.65. The van der Waals surface area contributed by atoms with Gasteiger partial charge in [-0.1, -0.05) is 32.1 Å². The molecule has 0 radical (unpaired) electrons. The van der Waals surface area contributed by atoms with E-state index >= 15 is 0 Å². The van der Waals surface area contributed by atoms with Crippen LogP contribution in [-0.2, 0) is 19.6 Å². The number of aliphatic imine (C=N–C) groups is 1. The lowest BCUT2D eigenvalue weighted by molar-refractivity contribution is -0.144. The summed E-state index contributed by atoms with van der Waals surface area (Å²) in [6.07, 6.45) is 4.43. The summed E-state index contributed by atoms with van der Waals surface area (Å²) in [5.74, 6) is 0.961. The van der Waals surface area contributed by atoms with Gasteiger partial charge in [-0.25, -0.2) is 13.2 Å². The highest BCUT2D eigenvalue weighted by molar-refractivity contribution is 7.90. The Bertz CT molecular complexity index is 962. The van der Waals surface area contributed by atoms with Crippen LogP contribution in [0.1, 0.15) is 39.2 Å². The van der Waals surface area contributed by atoms with Crippen LogP contribution in [0.2, 0.25) is 0 Å². The second-order valence-corrected chi connectivity index (χ2v) is 9.84. The van der Waals surface area contributed by atoms with Crippen LogP contribution in [0, 0.1) is 17.3 Å². The molecule has 4 aliphatic rings. The van der Waals surface area contributed by atoms with Crippen LogP contribution >= 0.6 is 0 Å². The zero-order chi connectivity index (χ0) is 19.4. The second kappa shape index (κ2) is 6.19. The normalized spacial score (nSPS) is 29.1. The number of nitrogens with one attached hydrogen (secondary N) is 1. The molecular formula is C20H24N2O4S. The van der Waals surface area contributed by atoms with Gasteiger partial charge in [0, 0.05) is 5.56 Å². The highest BCUT2D eigenvalue weighted by Gasteiger charge is 2.51. The molecule has 3 aliphatic carbocycles. The van der Waals surface area contributed by atoms with Crippen molar-refractivity contribution in [1.82, 2.24) is 4.72 Å². The third kappa shape index (κ3) is 2.98. The van der Waals surface area contributed by atoms with Gasteiger partial charge in [-0.3, -0.25) is 9.71 Å². The highest BCUT2D eigenvalue weighted by atomic mass is 32.2. The maximum absolute atomic E-state index is 12.4. The van der Waals surface area contributed by atoms with E-state index in [9.17, 15) is 13.2 Å². The SMILES string of the molecule is CC(N=C1NS(=O)(=O)c2ccccc21)C(=O)OCC1=CC[C@H]2C[C@@H]1C2(C)C. The summed E-state index contributed by atoms with van der Waals surface area (Å²) < 4.78 is 32.2. The molecular weight excluding hydrogens is 364 g/mol. The van der Waals surface area contributed by atoms with Gasteiger partial charge in [0.05, 0.1) is 4.90 Å². The summed E-state index contributed by atoms with van der Waals surface area (Å²) in [5, 5.41) is 0. The molecule has 0 aromatic heterocycles. The Morgan fingerprint density at radius 3 is 2.81 bits per heavy atom. The topological polar surface area (TPSA) is 84.8 Å². The number of hydrogen-bond acceptors (Lipinski definition) is 5. The Hall–Kier alpha value is -2.15. The Balaban J connectivity index is 1.44. The standard InChI is InChI=1S/C20H24N2O4S/c1-12(21-18-15-6-4-5-7-17(15)27(24,25)22-18)19(23)26-11-13-8-9-14-10-16(13)20(14,2)3/h4-8,12,14,16H,9-11H2,1-3H3,(H,21,22)/t12?,14-,16-/m0/s1. The average Bonchev–Trinajstić information content (AvgIpc) is 2.90. The number of esters is 1. The van der Waals surface area contributed by atoms with Gasteiger partial charge in [0.15, 0.2) is 0 Å². The fourth-order valence-electron chi connectivity index (χ4n) is 4.39. The summed E-state index contributed by atoms with van der Waals surface area (Å²) in [5.41, 5.74) is 1.96. The number of fused-ring (bicyclic) bond motifs is 2. The third-order valence-corrected chi connectivity index (χ3v) is 7.69. The Labute approximate surface area is 159 Å². The number of carbonyl (C=O) groups excluding carboxylic acids is 1. The molecule has 1 aromatic rings. The number of sulfonamides is 1. The van der Waals surface area contributed by atoms with Crippen LogP contribution < -0.4 is 4.72 Å². The molecule has 5 rings (SSSR count). The molecule has 3 atom stereocenters. The minimum Gasteiger partial charge on any atom is -0.460 e. The van der Waals surface area contributed by atoms with Crippen LogP contribution in [0.5, 0.6) is 0 Å². The fraction of sp³-hybridized carbons (Fsp3) is 0.500. The molecule has 0 saturated heterocycles. The van der Waals surface area contributed by atoms with E-state index in [1.54, 1.807) is 25.1 Å². The van der Waals surface area contributed by atoms with Crippen molar-refractivity contribution in [1.29, 1.82) is 0 Å². The number of amidine groups is 1. The van der Waals surface area contributed by atoms with Crippen molar-refractivity contribution < 1.29 is 17.9 Å². The van der Waals surface area contributed by atoms with Gasteiger partial charge < -0.3 is 4.74 Å². The van der Waals surface area contributed by atoms with Crippen LogP contribution in [0.25, 0.3) is 0 Å². The Morgan fingerprint density at radius 1 is 1.37 bits per heavy atom. The van der Waals surface area contributed by atoms with Gasteiger partial charge in [-0.05, 0) is 54.7 Å². The molecule has 1 heterocycles. The van der Waals surface area contributed by atoms with Crippen molar-refractivity contribution in [2.75, 3.05) is 6.61 Å². The lowest BCUT2D eigenvalue weighted by Gasteiger charge is -2.56. The smallest absolute Gasteiger partial charge is 0.330 e. The molecule has 27 heavy (non-hydrogen) atoms. The van der Waals surface area contributed by atoms with E-state index < -0.39 is 22.0 Å². The van der Waals surface area contributed by atoms with Crippen molar-refractivity contribution in [3.8, 4) is 0 Å². The van der Waals surface area contributed by atoms with E-state index in [1.807, 2.05) is 0 Å². The number of allylic oxidation sites excluding steroid dienone is 1. The zero-order valence-electron chi connectivity index (χ0n) is 15.7. The number of benzene rings is 1. The number of rotatable bonds is 4. The molecule has 1 fully saturated rings. The summed E-state index contributed by atoms with van der Waals surface area (Å²) in [6, 6.07) is 5.80. The van der Waals surface area contributed by atoms with E-state index in [1.165, 1.54) is 18.1 Å². The Morgan fingerprint density at radius 2 is 2.11 bits per heavy atom. The maximum atomic E-state index is 12.4. The first-order valence-corrected chi connectivity index (χ1v) is 10.7. The zero-order valence-corrected chi connectivity index (χ0v) is 16.5. The molecule has 1 N–H and O–H groups in total. The molecule has 1 unspecified atom stereocenters. The van der Waals surface area contributed by atoms with Crippen molar-refractivity contribution in [2.45, 2.75) is 44.6 Å². The van der Waals surface area contributed by atoms with Gasteiger partial charge in [0.25, 0.3) is 10.0 Å². The lowest BCUT2D eigenvalue weighted by Crippen LogP contribution is -2.48. The molecule has 2 bridgehead atoms. The molecule has 6 nitrogen and oxygen atoms in total. The fourth-order valence-corrected chi connectivity index (χ4v) is 5.63. The van der Waals surface area contributed by atoms with Gasteiger partial charge in [-0.2, -0.15) is 0 Å². The predicted molar refractivity (Wildman–Crippen MR) is 102 cm³/mol. The monoisotopic (exact) mass is 388 g/mol.